The van der Waals surface area contributed by atoms with E-state index in [1.54, 1.807) is 6.20 Å². The molecule has 1 atom stereocenters. The molecule has 0 bridgehead atoms. The first-order valence-electron chi connectivity index (χ1n) is 5.56. The number of nitrogens with one attached hydrogen (secondary N) is 1. The zero-order valence-corrected chi connectivity index (χ0v) is 9.68. The van der Waals surface area contributed by atoms with E-state index in [0.29, 0.717) is 6.42 Å². The normalized spacial score (nSPS) is 12.4. The zero-order valence-electron chi connectivity index (χ0n) is 9.68. The van der Waals surface area contributed by atoms with Crippen molar-refractivity contribution in [3.8, 4) is 0 Å². The third-order valence-corrected chi connectivity index (χ3v) is 2.43. The fraction of sp³-hybridized carbons (Fsp3) is 0.231. The smallest absolute Gasteiger partial charge is 0.225 e. The Morgan fingerprint density at radius 3 is 3.00 bits per heavy atom. The molecule has 3 N–H and O–H groups in total. The highest BCUT2D eigenvalue weighted by molar-refractivity contribution is 6.00. The van der Waals surface area contributed by atoms with Crippen molar-refractivity contribution in [2.75, 3.05) is 5.32 Å². The highest BCUT2D eigenvalue weighted by Gasteiger charge is 2.07. The number of pyridine rings is 1. The number of anilines is 1. The van der Waals surface area contributed by atoms with Gasteiger partial charge in [-0.3, -0.25) is 9.78 Å². The number of fused-ring (bicyclic) bond motifs is 1. The van der Waals surface area contributed by atoms with Crippen LogP contribution in [0.4, 0.5) is 5.69 Å². The molecule has 1 heterocycles. The van der Waals surface area contributed by atoms with E-state index in [1.807, 2.05) is 37.3 Å². The highest BCUT2D eigenvalue weighted by Crippen LogP contribution is 2.21. The number of benzene rings is 1. The fourth-order valence-corrected chi connectivity index (χ4v) is 1.71. The molecule has 4 nitrogen and oxygen atoms in total. The van der Waals surface area contributed by atoms with Crippen LogP contribution in [-0.2, 0) is 4.79 Å². The van der Waals surface area contributed by atoms with Crippen molar-refractivity contribution >= 4 is 22.5 Å². The van der Waals surface area contributed by atoms with E-state index in [9.17, 15) is 4.79 Å². The monoisotopic (exact) mass is 229 g/mol. The molecule has 0 spiro atoms. The Bertz CT molecular complexity index is 532. The number of carbonyl (C=O) groups excluding carboxylic acids is 1. The second kappa shape index (κ2) is 4.93. The van der Waals surface area contributed by atoms with Crippen LogP contribution in [0, 0.1) is 0 Å². The Balaban J connectivity index is 2.27. The molecule has 0 aliphatic heterocycles. The number of rotatable bonds is 3. The molecule has 1 unspecified atom stereocenters. The number of nitrogens with two attached hydrogens (primary N) is 1. The molecular formula is C13H15N3O. The number of carbonyl (C=O) groups is 1. The largest absolute Gasteiger partial charge is 0.327 e. The molecular weight excluding hydrogens is 214 g/mol. The molecule has 17 heavy (non-hydrogen) atoms. The molecule has 1 amide bonds. The van der Waals surface area contributed by atoms with Crippen LogP contribution in [0.2, 0.25) is 0 Å². The molecule has 2 aromatic rings. The summed E-state index contributed by atoms with van der Waals surface area (Å²) < 4.78 is 0. The fourth-order valence-electron chi connectivity index (χ4n) is 1.71. The van der Waals surface area contributed by atoms with Crippen molar-refractivity contribution in [2.24, 2.45) is 5.73 Å². The van der Waals surface area contributed by atoms with Gasteiger partial charge in [-0.15, -0.1) is 0 Å². The van der Waals surface area contributed by atoms with Crippen molar-refractivity contribution in [3.63, 3.8) is 0 Å². The number of amides is 1. The summed E-state index contributed by atoms with van der Waals surface area (Å²) in [5.41, 5.74) is 7.23. The number of hydrogen-bond acceptors (Lipinski definition) is 3. The Morgan fingerprint density at radius 1 is 1.41 bits per heavy atom. The van der Waals surface area contributed by atoms with Gasteiger partial charge in [-0.05, 0) is 31.2 Å². The second-order valence-corrected chi connectivity index (χ2v) is 4.11. The van der Waals surface area contributed by atoms with Crippen LogP contribution in [0.25, 0.3) is 10.9 Å². The lowest BCUT2D eigenvalue weighted by Gasteiger charge is -2.09. The molecule has 0 fully saturated rings. The van der Waals surface area contributed by atoms with Crippen molar-refractivity contribution < 1.29 is 4.79 Å². The maximum atomic E-state index is 11.7. The lowest BCUT2D eigenvalue weighted by molar-refractivity contribution is -0.116. The van der Waals surface area contributed by atoms with Crippen LogP contribution in [0.15, 0.2) is 36.5 Å². The van der Waals surface area contributed by atoms with Crippen molar-refractivity contribution in [3.05, 3.63) is 36.5 Å². The lowest BCUT2D eigenvalue weighted by Crippen LogP contribution is -2.24. The van der Waals surface area contributed by atoms with E-state index in [4.69, 9.17) is 5.73 Å². The minimum atomic E-state index is -0.136. The van der Waals surface area contributed by atoms with Crippen LogP contribution in [-0.4, -0.2) is 16.9 Å². The van der Waals surface area contributed by atoms with Gasteiger partial charge >= 0.3 is 0 Å². The summed E-state index contributed by atoms with van der Waals surface area (Å²) in [7, 11) is 0. The molecule has 1 aromatic carbocycles. The van der Waals surface area contributed by atoms with E-state index in [0.717, 1.165) is 16.6 Å². The van der Waals surface area contributed by atoms with Gasteiger partial charge in [0.1, 0.15) is 0 Å². The zero-order chi connectivity index (χ0) is 12.3. The first kappa shape index (κ1) is 11.5. The van der Waals surface area contributed by atoms with Crippen molar-refractivity contribution in [1.82, 2.24) is 4.98 Å². The average molecular weight is 229 g/mol. The molecule has 88 valence electrons. The van der Waals surface area contributed by atoms with E-state index in [1.165, 1.54) is 0 Å². The Kier molecular flexibility index (Phi) is 3.35. The Morgan fingerprint density at radius 2 is 2.24 bits per heavy atom. The summed E-state index contributed by atoms with van der Waals surface area (Å²) in [6, 6.07) is 9.30. The maximum Gasteiger partial charge on any atom is 0.225 e. The molecule has 0 saturated heterocycles. The molecule has 4 heteroatoms. The number of aromatic nitrogens is 1. The lowest BCUT2D eigenvalue weighted by atomic mass is 10.1. The molecule has 0 aliphatic rings. The predicted octanol–water partition coefficient (Wildman–Crippen LogP) is 1.91. The van der Waals surface area contributed by atoms with Crippen LogP contribution in [0.5, 0.6) is 0 Å². The second-order valence-electron chi connectivity index (χ2n) is 4.11. The predicted molar refractivity (Wildman–Crippen MR) is 68.6 cm³/mol. The summed E-state index contributed by atoms with van der Waals surface area (Å²) in [6.45, 7) is 1.81. The van der Waals surface area contributed by atoms with E-state index in [2.05, 4.69) is 10.3 Å². The van der Waals surface area contributed by atoms with Gasteiger partial charge in [0.15, 0.2) is 0 Å². The number of hydrogen-bond donors (Lipinski definition) is 2. The Hall–Kier alpha value is -1.94. The Labute approximate surface area is 99.8 Å². The molecule has 0 aliphatic carbocycles. The van der Waals surface area contributed by atoms with Gasteiger partial charge in [-0.2, -0.15) is 0 Å². The standard InChI is InChI=1S/C13H15N3O/c1-9(14)8-13(17)16-12-6-2-5-11-10(12)4-3-7-15-11/h2-7,9H,8,14H2,1H3,(H,16,17). The summed E-state index contributed by atoms with van der Waals surface area (Å²) in [5, 5.41) is 3.80. The first-order chi connectivity index (χ1) is 8.16. The van der Waals surface area contributed by atoms with Crippen LogP contribution in [0.3, 0.4) is 0 Å². The van der Waals surface area contributed by atoms with Crippen LogP contribution < -0.4 is 11.1 Å². The van der Waals surface area contributed by atoms with Gasteiger partial charge in [-0.25, -0.2) is 0 Å². The van der Waals surface area contributed by atoms with Gasteiger partial charge in [0.25, 0.3) is 0 Å². The van der Waals surface area contributed by atoms with E-state index >= 15 is 0 Å². The molecule has 2 rings (SSSR count). The summed E-state index contributed by atoms with van der Waals surface area (Å²) >= 11 is 0. The van der Waals surface area contributed by atoms with Crippen molar-refractivity contribution in [1.29, 1.82) is 0 Å². The average Bonchev–Trinajstić information content (AvgIpc) is 2.28. The third-order valence-electron chi connectivity index (χ3n) is 2.43. The highest BCUT2D eigenvalue weighted by atomic mass is 16.1. The van der Waals surface area contributed by atoms with Gasteiger partial charge in [-0.1, -0.05) is 6.07 Å². The van der Waals surface area contributed by atoms with Gasteiger partial charge in [0.2, 0.25) is 5.91 Å². The summed E-state index contributed by atoms with van der Waals surface area (Å²) in [5.74, 6) is -0.0728. The topological polar surface area (TPSA) is 68.0 Å². The minimum Gasteiger partial charge on any atom is -0.327 e. The van der Waals surface area contributed by atoms with Crippen molar-refractivity contribution in [2.45, 2.75) is 19.4 Å². The van der Waals surface area contributed by atoms with E-state index in [-0.39, 0.29) is 11.9 Å². The SMILES string of the molecule is CC(N)CC(=O)Nc1cccc2ncccc12. The molecule has 0 radical (unpaired) electrons. The first-order valence-corrected chi connectivity index (χ1v) is 5.56. The van der Waals surface area contributed by atoms with Crippen LogP contribution >= 0.6 is 0 Å². The summed E-state index contributed by atoms with van der Waals surface area (Å²) in [4.78, 5) is 15.9. The number of nitrogens with zero attached hydrogens (tertiary/aromatic N) is 1. The van der Waals surface area contributed by atoms with Crippen LogP contribution in [0.1, 0.15) is 13.3 Å². The quantitative estimate of drug-likeness (QED) is 0.844. The maximum absolute atomic E-state index is 11.7. The van der Waals surface area contributed by atoms with E-state index < -0.39 is 0 Å². The molecule has 0 saturated carbocycles. The van der Waals surface area contributed by atoms with Gasteiger partial charge in [0, 0.05) is 24.0 Å². The third kappa shape index (κ3) is 2.79. The summed E-state index contributed by atoms with van der Waals surface area (Å²) in [6.07, 6.45) is 2.05. The van der Waals surface area contributed by atoms with Gasteiger partial charge in [0.05, 0.1) is 11.2 Å². The molecule has 1 aromatic heterocycles. The van der Waals surface area contributed by atoms with Gasteiger partial charge < -0.3 is 11.1 Å². The minimum absolute atomic E-state index is 0.0728.